The zero-order valence-electron chi connectivity index (χ0n) is 10.5. The Kier molecular flexibility index (Phi) is 4.49. The molecule has 1 amide bonds. The van der Waals surface area contributed by atoms with E-state index in [4.69, 9.17) is 5.73 Å². The highest BCUT2D eigenvalue weighted by atomic mass is 32.2. The van der Waals surface area contributed by atoms with E-state index in [1.165, 1.54) is 11.2 Å². The van der Waals surface area contributed by atoms with Gasteiger partial charge in [0, 0.05) is 36.3 Å². The molecule has 1 unspecified atom stereocenters. The number of rotatable bonds is 3. The second-order valence-corrected chi connectivity index (χ2v) is 8.46. The molecule has 1 rings (SSSR count). The van der Waals surface area contributed by atoms with Crippen LogP contribution in [0.5, 0.6) is 0 Å². The zero-order valence-corrected chi connectivity index (χ0v) is 12.1. The third-order valence-electron chi connectivity index (χ3n) is 2.51. The average Bonchev–Trinajstić information content (AvgIpc) is 2.13. The molecule has 1 fully saturated rings. The van der Waals surface area contributed by atoms with E-state index in [9.17, 15) is 13.2 Å². The Morgan fingerprint density at radius 1 is 1.53 bits per heavy atom. The molecule has 1 heterocycles. The molecule has 1 atom stereocenters. The minimum Gasteiger partial charge on any atom is -0.325 e. The SMILES string of the molecule is CC(C)(N)CC(=O)N1CCSCC1S(C)(=O)=O. The summed E-state index contributed by atoms with van der Waals surface area (Å²) in [7, 11) is -3.23. The van der Waals surface area contributed by atoms with Crippen molar-refractivity contribution in [3.05, 3.63) is 0 Å². The van der Waals surface area contributed by atoms with E-state index in [0.717, 1.165) is 5.75 Å². The lowest BCUT2D eigenvalue weighted by atomic mass is 10.0. The van der Waals surface area contributed by atoms with Crippen molar-refractivity contribution in [1.29, 1.82) is 0 Å². The Balaban J connectivity index is 2.82. The summed E-state index contributed by atoms with van der Waals surface area (Å²) in [4.78, 5) is 13.5. The highest BCUT2D eigenvalue weighted by molar-refractivity contribution is 8.00. The molecule has 0 bridgehead atoms. The third-order valence-corrected chi connectivity index (χ3v) is 5.15. The molecule has 0 spiro atoms. The van der Waals surface area contributed by atoms with Crippen LogP contribution < -0.4 is 5.73 Å². The van der Waals surface area contributed by atoms with Gasteiger partial charge in [-0.3, -0.25) is 4.79 Å². The van der Waals surface area contributed by atoms with Crippen LogP contribution >= 0.6 is 11.8 Å². The normalized spacial score (nSPS) is 22.6. The summed E-state index contributed by atoms with van der Waals surface area (Å²) in [5, 5.41) is -0.698. The van der Waals surface area contributed by atoms with Crippen LogP contribution in [-0.2, 0) is 14.6 Å². The molecular formula is C10H20N2O3S2. The van der Waals surface area contributed by atoms with Crippen molar-refractivity contribution in [2.24, 2.45) is 5.73 Å². The van der Waals surface area contributed by atoms with Crippen LogP contribution in [0.2, 0.25) is 0 Å². The minimum absolute atomic E-state index is 0.170. The molecule has 1 saturated heterocycles. The molecule has 0 aliphatic carbocycles. The van der Waals surface area contributed by atoms with Gasteiger partial charge in [0.15, 0.2) is 9.84 Å². The van der Waals surface area contributed by atoms with Crippen LogP contribution in [0.4, 0.5) is 0 Å². The number of carbonyl (C=O) groups excluding carboxylic acids is 1. The van der Waals surface area contributed by atoms with Crippen molar-refractivity contribution in [3.8, 4) is 0 Å². The largest absolute Gasteiger partial charge is 0.325 e. The first-order valence-corrected chi connectivity index (χ1v) is 8.57. The number of thioether (sulfide) groups is 1. The van der Waals surface area contributed by atoms with Crippen molar-refractivity contribution in [2.45, 2.75) is 31.2 Å². The highest BCUT2D eigenvalue weighted by Crippen LogP contribution is 2.22. The Bertz CT molecular complexity index is 387. The maximum Gasteiger partial charge on any atom is 0.225 e. The first-order chi connectivity index (χ1) is 7.61. The van der Waals surface area contributed by atoms with Crippen molar-refractivity contribution in [2.75, 3.05) is 24.3 Å². The monoisotopic (exact) mass is 280 g/mol. The molecule has 1 aliphatic rings. The lowest BCUT2D eigenvalue weighted by Gasteiger charge is -2.35. The van der Waals surface area contributed by atoms with Crippen molar-refractivity contribution < 1.29 is 13.2 Å². The van der Waals surface area contributed by atoms with Gasteiger partial charge in [0.25, 0.3) is 0 Å². The number of nitrogens with two attached hydrogens (primary N) is 1. The summed E-state index contributed by atoms with van der Waals surface area (Å²) in [6.45, 7) is 4.01. The van der Waals surface area contributed by atoms with Gasteiger partial charge < -0.3 is 10.6 Å². The smallest absolute Gasteiger partial charge is 0.225 e. The summed E-state index contributed by atoms with van der Waals surface area (Å²) >= 11 is 1.56. The predicted octanol–water partition coefficient (Wildman–Crippen LogP) is 0.0599. The number of nitrogens with zero attached hydrogens (tertiary/aromatic N) is 1. The molecule has 0 aromatic carbocycles. The molecule has 0 aromatic heterocycles. The molecule has 5 nitrogen and oxygen atoms in total. The lowest BCUT2D eigenvalue weighted by Crippen LogP contribution is -2.52. The zero-order chi connectivity index (χ0) is 13.3. The Morgan fingerprint density at radius 3 is 2.59 bits per heavy atom. The van der Waals surface area contributed by atoms with Gasteiger partial charge in [-0.25, -0.2) is 8.42 Å². The molecule has 0 aromatic rings. The topological polar surface area (TPSA) is 80.5 Å². The lowest BCUT2D eigenvalue weighted by molar-refractivity contribution is -0.132. The van der Waals surface area contributed by atoms with Crippen LogP contribution in [0, 0.1) is 0 Å². The van der Waals surface area contributed by atoms with Crippen LogP contribution in [-0.4, -0.2) is 54.4 Å². The van der Waals surface area contributed by atoms with E-state index in [0.29, 0.717) is 12.3 Å². The van der Waals surface area contributed by atoms with Gasteiger partial charge in [-0.05, 0) is 13.8 Å². The Labute approximate surface area is 107 Å². The maximum atomic E-state index is 12.0. The maximum absolute atomic E-state index is 12.0. The predicted molar refractivity (Wildman–Crippen MR) is 70.6 cm³/mol. The summed E-state index contributed by atoms with van der Waals surface area (Å²) in [5.74, 6) is 1.06. The number of carbonyl (C=O) groups is 1. The number of sulfone groups is 1. The number of hydrogen-bond acceptors (Lipinski definition) is 5. The number of amides is 1. The average molecular weight is 280 g/mol. The standard InChI is InChI=1S/C10H20N2O3S2/c1-10(2,11)6-8(13)12-4-5-16-7-9(12)17(3,14)15/h9H,4-7,11H2,1-3H3. The molecule has 100 valence electrons. The van der Waals surface area contributed by atoms with Gasteiger partial charge in [-0.15, -0.1) is 0 Å². The van der Waals surface area contributed by atoms with Crippen LogP contribution in [0.25, 0.3) is 0 Å². The van der Waals surface area contributed by atoms with Gasteiger partial charge in [0.1, 0.15) is 5.37 Å². The van der Waals surface area contributed by atoms with E-state index in [2.05, 4.69) is 0 Å². The van der Waals surface area contributed by atoms with Gasteiger partial charge in [0.2, 0.25) is 5.91 Å². The van der Waals surface area contributed by atoms with Crippen molar-refractivity contribution >= 4 is 27.5 Å². The quantitative estimate of drug-likeness (QED) is 0.790. The van der Waals surface area contributed by atoms with Crippen molar-refractivity contribution in [3.63, 3.8) is 0 Å². The third kappa shape index (κ3) is 4.48. The van der Waals surface area contributed by atoms with E-state index >= 15 is 0 Å². The molecule has 2 N–H and O–H groups in total. The molecule has 1 aliphatic heterocycles. The van der Waals surface area contributed by atoms with Gasteiger partial charge in [-0.1, -0.05) is 0 Å². The van der Waals surface area contributed by atoms with Crippen LogP contribution in [0.3, 0.4) is 0 Å². The fourth-order valence-corrected chi connectivity index (χ4v) is 4.55. The first kappa shape index (κ1) is 14.8. The second kappa shape index (κ2) is 5.16. The van der Waals surface area contributed by atoms with E-state index in [-0.39, 0.29) is 12.3 Å². The van der Waals surface area contributed by atoms with Gasteiger partial charge in [-0.2, -0.15) is 11.8 Å². The van der Waals surface area contributed by atoms with E-state index in [1.54, 1.807) is 25.6 Å². The van der Waals surface area contributed by atoms with E-state index < -0.39 is 20.8 Å². The summed E-state index contributed by atoms with van der Waals surface area (Å²) in [5.41, 5.74) is 5.19. The minimum atomic E-state index is -3.23. The molecule has 17 heavy (non-hydrogen) atoms. The Morgan fingerprint density at radius 2 is 2.12 bits per heavy atom. The fraction of sp³-hybridized carbons (Fsp3) is 0.900. The van der Waals surface area contributed by atoms with Gasteiger partial charge in [0.05, 0.1) is 0 Å². The number of hydrogen-bond donors (Lipinski definition) is 1. The summed E-state index contributed by atoms with van der Waals surface area (Å²) in [6.07, 6.45) is 1.35. The Hall–Kier alpha value is -0.270. The van der Waals surface area contributed by atoms with Gasteiger partial charge >= 0.3 is 0 Å². The summed E-state index contributed by atoms with van der Waals surface area (Å²) in [6, 6.07) is 0. The first-order valence-electron chi connectivity index (χ1n) is 5.46. The van der Waals surface area contributed by atoms with E-state index in [1.807, 2.05) is 0 Å². The molecule has 0 saturated carbocycles. The molecule has 7 heteroatoms. The van der Waals surface area contributed by atoms with Crippen LogP contribution in [0.15, 0.2) is 0 Å². The second-order valence-electron chi connectivity index (χ2n) is 5.11. The summed E-state index contributed by atoms with van der Waals surface area (Å²) < 4.78 is 23.3. The fourth-order valence-electron chi connectivity index (χ4n) is 1.71. The van der Waals surface area contributed by atoms with Crippen LogP contribution in [0.1, 0.15) is 20.3 Å². The molecule has 0 radical (unpaired) electrons. The molecular weight excluding hydrogens is 260 g/mol. The highest BCUT2D eigenvalue weighted by Gasteiger charge is 2.35. The van der Waals surface area contributed by atoms with Crippen molar-refractivity contribution in [1.82, 2.24) is 4.90 Å².